The number of carbonyl (C=O) groups excluding carboxylic acids is 4. The molecule has 0 rings (SSSR count). The molecular formula is C80H160N2O14P2+2. The van der Waals surface area contributed by atoms with E-state index >= 15 is 0 Å². The number of rotatable bonds is 77. The summed E-state index contributed by atoms with van der Waals surface area (Å²) in [4.78, 5) is 71.9. The smallest absolute Gasteiger partial charge is 0.333 e. The van der Waals surface area contributed by atoms with Crippen LogP contribution in [0, 0.1) is 0 Å². The molecule has 0 aliphatic rings. The van der Waals surface area contributed by atoms with Gasteiger partial charge in [-0.15, -0.1) is 0 Å². The maximum absolute atomic E-state index is 12.9. The van der Waals surface area contributed by atoms with Gasteiger partial charge in [-0.2, -0.15) is 0 Å². The lowest BCUT2D eigenvalue weighted by Gasteiger charge is -2.25. The van der Waals surface area contributed by atoms with E-state index in [1.807, 2.05) is 42.3 Å². The lowest BCUT2D eigenvalue weighted by Crippen LogP contribution is -2.37. The average molecular weight is 1440 g/mol. The second-order valence-electron chi connectivity index (χ2n) is 31.3. The van der Waals surface area contributed by atoms with E-state index in [0.717, 1.165) is 77.0 Å². The Balaban J connectivity index is 4.04. The van der Waals surface area contributed by atoms with Crippen molar-refractivity contribution < 1.29 is 75.1 Å². The molecule has 0 bridgehead atoms. The van der Waals surface area contributed by atoms with E-state index in [9.17, 15) is 38.1 Å². The third-order valence-corrected chi connectivity index (χ3v) is 21.6. The Hall–Kier alpha value is -1.90. The van der Waals surface area contributed by atoms with Crippen molar-refractivity contribution in [3.05, 3.63) is 0 Å². The Morgan fingerprint density at radius 2 is 0.449 bits per heavy atom. The Morgan fingerprint density at radius 3 is 0.633 bits per heavy atom. The molecule has 0 aromatic rings. The van der Waals surface area contributed by atoms with E-state index in [4.69, 9.17) is 28.0 Å². The molecule has 98 heavy (non-hydrogen) atoms. The first-order chi connectivity index (χ1) is 47.1. The van der Waals surface area contributed by atoms with Crippen LogP contribution >= 0.6 is 15.2 Å². The molecule has 0 aliphatic carbocycles. The van der Waals surface area contributed by atoms with Crippen molar-refractivity contribution in [3.63, 3.8) is 0 Å². The Bertz CT molecular complexity index is 1800. The highest BCUT2D eigenvalue weighted by molar-refractivity contribution is 7.53. The quantitative estimate of drug-likeness (QED) is 0.0192. The zero-order chi connectivity index (χ0) is 72.4. The third kappa shape index (κ3) is 73.8. The van der Waals surface area contributed by atoms with Gasteiger partial charge in [0.05, 0.1) is 80.9 Å². The monoisotopic (exact) mass is 1440 g/mol. The van der Waals surface area contributed by atoms with E-state index in [0.29, 0.717) is 34.9 Å². The Labute approximate surface area is 603 Å². The zero-order valence-electron chi connectivity index (χ0n) is 65.4. The maximum Gasteiger partial charge on any atom is 0.333 e. The summed E-state index contributed by atoms with van der Waals surface area (Å²) in [5, 5.41) is 0. The molecule has 18 heteroatoms. The van der Waals surface area contributed by atoms with Crippen molar-refractivity contribution in [2.75, 3.05) is 94.1 Å². The van der Waals surface area contributed by atoms with E-state index < -0.39 is 39.3 Å². The van der Waals surface area contributed by atoms with E-state index in [-0.39, 0.29) is 63.5 Å². The first-order valence-electron chi connectivity index (χ1n) is 41.3. The molecule has 0 aromatic carbocycles. The van der Waals surface area contributed by atoms with Gasteiger partial charge in [-0.3, -0.25) is 28.3 Å². The van der Waals surface area contributed by atoms with Crippen LogP contribution in [0.1, 0.15) is 386 Å². The molecule has 0 amide bonds. The molecule has 582 valence electrons. The molecule has 0 spiro atoms. The lowest BCUT2D eigenvalue weighted by atomic mass is 10.0. The fraction of sp³-hybridized carbons (Fsp3) is 0.950. The van der Waals surface area contributed by atoms with Crippen LogP contribution < -0.4 is 0 Å². The molecule has 0 aromatic heterocycles. The average Bonchev–Trinajstić information content (AvgIpc) is 1.04. The molecule has 2 unspecified atom stereocenters. The molecule has 0 radical (unpaired) electrons. The zero-order valence-corrected chi connectivity index (χ0v) is 67.2. The summed E-state index contributed by atoms with van der Waals surface area (Å²) < 4.78 is 59.8. The number of unbranched alkanes of at least 4 members (excludes halogenated alkanes) is 51. The molecule has 2 N–H and O–H groups in total. The second kappa shape index (κ2) is 67.0. The van der Waals surface area contributed by atoms with Crippen LogP contribution in [0.4, 0.5) is 0 Å². The largest absolute Gasteiger partial charge is 0.462 e. The van der Waals surface area contributed by atoms with Crippen molar-refractivity contribution in [2.24, 2.45) is 0 Å². The SMILES string of the molecule is CCCCCCCCCCCCCCCC(=O)OC[C@@H](COP(=O)(O)CC[N+](C)(C)C)OC(=O)CCCCCCCCCCCCCCCCCCCCCCCCCCCCCCC(=O)O[C@@H](COC(=O)CCCCCCCCCCCCCCC)COP(=O)(O)CC[N+](C)(C)C. The molecule has 0 aliphatic heterocycles. The summed E-state index contributed by atoms with van der Waals surface area (Å²) in [6.45, 7) is 4.45. The third-order valence-electron chi connectivity index (χ3n) is 19.0. The van der Waals surface area contributed by atoms with Crippen molar-refractivity contribution >= 4 is 39.1 Å². The molecule has 4 atom stereocenters. The molecule has 0 heterocycles. The van der Waals surface area contributed by atoms with E-state index in [1.54, 1.807) is 0 Å². The van der Waals surface area contributed by atoms with Gasteiger partial charge in [0, 0.05) is 25.7 Å². The standard InChI is InChI=1S/C80H158N2O14P2/c1-9-11-13-15-17-19-21-39-43-47-51-55-59-63-77(83)91-71-75(73-93-97(87,88)69-67-81(3,4)5)95-79(85)65-61-57-53-49-45-41-37-35-33-31-29-27-25-23-24-26-28-30-32-34-36-38-42-46-50-54-58-62-66-80(86)96-76(74-94-98(89,90)70-68-82(6,7)8)72-92-78(84)64-60-56-52-48-44-40-22-20-18-16-14-12-10-2/h75-76H,9-74H2,1-8H3/p+2/t75-,76-/m0/s1. The molecule has 0 saturated carbocycles. The van der Waals surface area contributed by atoms with Crippen molar-refractivity contribution in [1.29, 1.82) is 0 Å². The maximum atomic E-state index is 12.9. The van der Waals surface area contributed by atoms with Gasteiger partial charge in [-0.05, 0) is 25.7 Å². The van der Waals surface area contributed by atoms with Crippen LogP contribution in [0.2, 0.25) is 0 Å². The fourth-order valence-corrected chi connectivity index (χ4v) is 15.1. The molecule has 0 fully saturated rings. The molecule has 16 nitrogen and oxygen atoms in total. The normalized spacial score (nSPS) is 13.9. The second-order valence-corrected chi connectivity index (χ2v) is 35.3. The highest BCUT2D eigenvalue weighted by Crippen LogP contribution is 2.43. The van der Waals surface area contributed by atoms with Gasteiger partial charge in [0.25, 0.3) is 0 Å². The van der Waals surface area contributed by atoms with Crippen molar-refractivity contribution in [2.45, 2.75) is 398 Å². The van der Waals surface area contributed by atoms with Crippen LogP contribution in [-0.4, -0.2) is 149 Å². The summed E-state index contributed by atoms with van der Waals surface area (Å²) in [5.41, 5.74) is 0. The molecular weight excluding hydrogens is 1270 g/mol. The van der Waals surface area contributed by atoms with E-state index in [1.165, 1.54) is 270 Å². The van der Waals surface area contributed by atoms with Gasteiger partial charge in [0.15, 0.2) is 12.2 Å². The molecule has 0 saturated heterocycles. The number of carbonyl (C=O) groups is 4. The van der Waals surface area contributed by atoms with Gasteiger partial charge in [0.2, 0.25) is 0 Å². The summed E-state index contributed by atoms with van der Waals surface area (Å²) in [7, 11) is 3.83. The van der Waals surface area contributed by atoms with Crippen LogP contribution in [0.5, 0.6) is 0 Å². The highest BCUT2D eigenvalue weighted by Gasteiger charge is 2.29. The number of ether oxygens (including phenoxy) is 4. The number of nitrogens with zero attached hydrogens (tertiary/aromatic N) is 2. The summed E-state index contributed by atoms with van der Waals surface area (Å²) >= 11 is 0. The Kier molecular flexibility index (Phi) is 65.7. The van der Waals surface area contributed by atoms with Crippen LogP contribution in [0.25, 0.3) is 0 Å². The van der Waals surface area contributed by atoms with Crippen LogP contribution in [0.15, 0.2) is 0 Å². The number of hydrogen-bond acceptors (Lipinski definition) is 12. The summed E-state index contributed by atoms with van der Waals surface area (Å²) in [5.74, 6) is -1.48. The number of quaternary nitrogens is 2. The topological polar surface area (TPSA) is 198 Å². The van der Waals surface area contributed by atoms with Gasteiger partial charge in [0.1, 0.15) is 13.2 Å². The number of hydrogen-bond donors (Lipinski definition) is 2. The minimum Gasteiger partial charge on any atom is -0.462 e. The van der Waals surface area contributed by atoms with Gasteiger partial charge < -0.3 is 46.7 Å². The van der Waals surface area contributed by atoms with Gasteiger partial charge in [-0.25, -0.2) is 0 Å². The van der Waals surface area contributed by atoms with Gasteiger partial charge >= 0.3 is 39.1 Å². The predicted molar refractivity (Wildman–Crippen MR) is 408 cm³/mol. The first-order valence-corrected chi connectivity index (χ1v) is 44.8. The minimum absolute atomic E-state index is 0.0197. The van der Waals surface area contributed by atoms with Gasteiger partial charge in [-0.1, -0.05) is 335 Å². The summed E-state index contributed by atoms with van der Waals surface area (Å²) in [6, 6.07) is 0. The van der Waals surface area contributed by atoms with Crippen molar-refractivity contribution in [3.8, 4) is 0 Å². The fourth-order valence-electron chi connectivity index (χ4n) is 12.3. The predicted octanol–water partition coefficient (Wildman–Crippen LogP) is 22.4. The van der Waals surface area contributed by atoms with Crippen molar-refractivity contribution in [1.82, 2.24) is 0 Å². The van der Waals surface area contributed by atoms with Crippen LogP contribution in [0.3, 0.4) is 0 Å². The highest BCUT2D eigenvalue weighted by atomic mass is 31.2. The Morgan fingerprint density at radius 1 is 0.276 bits per heavy atom. The van der Waals surface area contributed by atoms with Crippen LogP contribution in [-0.2, 0) is 56.3 Å². The summed E-state index contributed by atoms with van der Waals surface area (Å²) in [6.07, 6.45) is 65.4. The lowest BCUT2D eigenvalue weighted by molar-refractivity contribution is -0.867. The number of esters is 4. The van der Waals surface area contributed by atoms with E-state index in [2.05, 4.69) is 13.8 Å². The minimum atomic E-state index is -3.92. The first kappa shape index (κ1) is 96.1.